The number of aromatic nitrogens is 1. The van der Waals surface area contributed by atoms with E-state index in [9.17, 15) is 18.0 Å². The molecule has 0 saturated heterocycles. The van der Waals surface area contributed by atoms with Gasteiger partial charge in [0.05, 0.1) is 6.61 Å². The van der Waals surface area contributed by atoms with E-state index in [0.29, 0.717) is 25.1 Å². The van der Waals surface area contributed by atoms with Crippen molar-refractivity contribution in [3.63, 3.8) is 0 Å². The molecule has 0 radical (unpaired) electrons. The van der Waals surface area contributed by atoms with Gasteiger partial charge in [-0.05, 0) is 13.0 Å². The van der Waals surface area contributed by atoms with Crippen LogP contribution in [0, 0.1) is 0 Å². The molecule has 0 saturated carbocycles. The Morgan fingerprint density at radius 1 is 1.43 bits per heavy atom. The number of nitrogens with zero attached hydrogens (tertiary/aromatic N) is 1. The van der Waals surface area contributed by atoms with Crippen LogP contribution in [-0.2, 0) is 4.79 Å². The number of amides is 1. The number of carbonyl (C=O) groups is 1. The van der Waals surface area contributed by atoms with E-state index in [-0.39, 0.29) is 12.6 Å². The molecule has 0 aromatic carbocycles. The predicted molar refractivity (Wildman–Crippen MR) is 72.1 cm³/mol. The molecule has 0 spiro atoms. The maximum absolute atomic E-state index is 11.8. The summed E-state index contributed by atoms with van der Waals surface area (Å²) in [6, 6.07) is 3.41. The summed E-state index contributed by atoms with van der Waals surface area (Å²) in [6.45, 7) is 2.89. The Balaban J connectivity index is 2.29. The van der Waals surface area contributed by atoms with E-state index in [4.69, 9.17) is 4.74 Å². The van der Waals surface area contributed by atoms with Crippen LogP contribution in [0.5, 0.6) is 5.88 Å². The fraction of sp³-hybridized carbons (Fsp3) is 0.385. The largest absolute Gasteiger partial charge is 0.478 e. The van der Waals surface area contributed by atoms with Crippen molar-refractivity contribution >= 4 is 11.6 Å². The summed E-state index contributed by atoms with van der Waals surface area (Å²) in [7, 11) is 0. The standard InChI is InChI=1S/C13H16F3N3O2/c1-2-21-12-9-10(4-6-19-12)17-7-8-18-11(20)3-5-13(14,15)16/h3-6,9H,2,7-8H2,1H3,(H,17,19)(H,18,20)/b5-3+. The van der Waals surface area contributed by atoms with Crippen LogP contribution in [0.15, 0.2) is 30.5 Å². The van der Waals surface area contributed by atoms with Gasteiger partial charge in [-0.1, -0.05) is 0 Å². The van der Waals surface area contributed by atoms with Gasteiger partial charge < -0.3 is 15.4 Å². The number of pyridine rings is 1. The summed E-state index contributed by atoms with van der Waals surface area (Å²) in [4.78, 5) is 15.1. The zero-order valence-corrected chi connectivity index (χ0v) is 11.4. The Hall–Kier alpha value is -2.25. The molecule has 0 atom stereocenters. The van der Waals surface area contributed by atoms with Crippen molar-refractivity contribution in [1.29, 1.82) is 0 Å². The average Bonchev–Trinajstić information content (AvgIpc) is 2.41. The third-order valence-corrected chi connectivity index (χ3v) is 2.20. The number of alkyl halides is 3. The monoisotopic (exact) mass is 303 g/mol. The predicted octanol–water partition coefficient (Wildman–Crippen LogP) is 2.13. The van der Waals surface area contributed by atoms with Crippen LogP contribution in [0.3, 0.4) is 0 Å². The lowest BCUT2D eigenvalue weighted by atomic mass is 10.4. The number of ether oxygens (including phenoxy) is 1. The second kappa shape index (κ2) is 8.13. The van der Waals surface area contributed by atoms with Gasteiger partial charge in [0.15, 0.2) is 0 Å². The van der Waals surface area contributed by atoms with E-state index < -0.39 is 12.1 Å². The molecule has 1 aromatic rings. The van der Waals surface area contributed by atoms with Gasteiger partial charge in [0.25, 0.3) is 0 Å². The smallest absolute Gasteiger partial charge is 0.409 e. The Morgan fingerprint density at radius 2 is 2.19 bits per heavy atom. The molecule has 0 aliphatic rings. The quantitative estimate of drug-likeness (QED) is 0.598. The molecule has 5 nitrogen and oxygen atoms in total. The van der Waals surface area contributed by atoms with Crippen LogP contribution in [0.4, 0.5) is 18.9 Å². The number of halogens is 3. The number of rotatable bonds is 7. The summed E-state index contributed by atoms with van der Waals surface area (Å²) in [5.41, 5.74) is 0.744. The highest BCUT2D eigenvalue weighted by atomic mass is 19.4. The molecule has 0 unspecified atom stereocenters. The molecule has 1 aromatic heterocycles. The molecule has 1 rings (SSSR count). The number of anilines is 1. The lowest BCUT2D eigenvalue weighted by Crippen LogP contribution is -2.27. The summed E-state index contributed by atoms with van der Waals surface area (Å²) >= 11 is 0. The van der Waals surface area contributed by atoms with E-state index >= 15 is 0 Å². The number of hydrogen-bond donors (Lipinski definition) is 2. The van der Waals surface area contributed by atoms with Gasteiger partial charge in [0.1, 0.15) is 0 Å². The summed E-state index contributed by atoms with van der Waals surface area (Å²) in [5.74, 6) is -0.321. The molecular weight excluding hydrogens is 287 g/mol. The highest BCUT2D eigenvalue weighted by Crippen LogP contribution is 2.15. The first-order valence-corrected chi connectivity index (χ1v) is 6.27. The fourth-order valence-corrected chi connectivity index (χ4v) is 1.37. The second-order valence-corrected chi connectivity index (χ2v) is 3.91. The van der Waals surface area contributed by atoms with Gasteiger partial charge in [-0.2, -0.15) is 13.2 Å². The molecule has 0 aliphatic heterocycles. The van der Waals surface area contributed by atoms with Crippen LogP contribution in [0.2, 0.25) is 0 Å². The first-order valence-electron chi connectivity index (χ1n) is 6.27. The van der Waals surface area contributed by atoms with E-state index in [1.165, 1.54) is 0 Å². The summed E-state index contributed by atoms with van der Waals surface area (Å²) in [5, 5.41) is 5.32. The van der Waals surface area contributed by atoms with E-state index in [1.54, 1.807) is 18.3 Å². The average molecular weight is 303 g/mol. The normalized spacial score (nSPS) is 11.4. The van der Waals surface area contributed by atoms with Gasteiger partial charge >= 0.3 is 6.18 Å². The third-order valence-electron chi connectivity index (χ3n) is 2.20. The SMILES string of the molecule is CCOc1cc(NCCNC(=O)/C=C/C(F)(F)F)ccn1. The Bertz CT molecular complexity index is 490. The van der Waals surface area contributed by atoms with E-state index in [0.717, 1.165) is 5.69 Å². The van der Waals surface area contributed by atoms with Gasteiger partial charge in [-0.15, -0.1) is 0 Å². The zero-order valence-electron chi connectivity index (χ0n) is 11.4. The van der Waals surface area contributed by atoms with Crippen molar-refractivity contribution in [2.45, 2.75) is 13.1 Å². The number of carbonyl (C=O) groups excluding carboxylic acids is 1. The minimum Gasteiger partial charge on any atom is -0.478 e. The second-order valence-electron chi connectivity index (χ2n) is 3.91. The van der Waals surface area contributed by atoms with Crippen molar-refractivity contribution in [2.75, 3.05) is 25.0 Å². The lowest BCUT2D eigenvalue weighted by molar-refractivity contribution is -0.117. The fourth-order valence-electron chi connectivity index (χ4n) is 1.37. The summed E-state index contributed by atoms with van der Waals surface area (Å²) < 4.78 is 40.7. The zero-order chi connectivity index (χ0) is 15.7. The lowest BCUT2D eigenvalue weighted by Gasteiger charge is -2.08. The first kappa shape index (κ1) is 16.8. The molecule has 0 aliphatic carbocycles. The molecule has 0 fully saturated rings. The Labute approximate surface area is 120 Å². The molecule has 21 heavy (non-hydrogen) atoms. The van der Waals surface area contributed by atoms with Crippen LogP contribution >= 0.6 is 0 Å². The van der Waals surface area contributed by atoms with Crippen LogP contribution in [0.1, 0.15) is 6.92 Å². The minimum absolute atomic E-state index is 0.104. The molecule has 2 N–H and O–H groups in total. The van der Waals surface area contributed by atoms with E-state index in [2.05, 4.69) is 15.6 Å². The summed E-state index contributed by atoms with van der Waals surface area (Å²) in [6.07, 6.45) is -2.56. The van der Waals surface area contributed by atoms with Gasteiger partial charge in [0, 0.05) is 43.2 Å². The van der Waals surface area contributed by atoms with Crippen molar-refractivity contribution in [2.24, 2.45) is 0 Å². The molecular formula is C13H16F3N3O2. The van der Waals surface area contributed by atoms with Crippen molar-refractivity contribution < 1.29 is 22.7 Å². The topological polar surface area (TPSA) is 63.2 Å². The molecule has 0 bridgehead atoms. The van der Waals surface area contributed by atoms with Crippen LogP contribution < -0.4 is 15.4 Å². The Kier molecular flexibility index (Phi) is 6.51. The van der Waals surface area contributed by atoms with E-state index in [1.807, 2.05) is 6.92 Å². The van der Waals surface area contributed by atoms with Gasteiger partial charge in [0.2, 0.25) is 11.8 Å². The number of allylic oxidation sites excluding steroid dienone is 1. The Morgan fingerprint density at radius 3 is 2.86 bits per heavy atom. The molecule has 8 heteroatoms. The number of hydrogen-bond acceptors (Lipinski definition) is 4. The highest BCUT2D eigenvalue weighted by Gasteiger charge is 2.22. The molecule has 1 amide bonds. The van der Waals surface area contributed by atoms with Crippen LogP contribution in [-0.4, -0.2) is 36.8 Å². The molecule has 1 heterocycles. The first-order chi connectivity index (χ1) is 9.90. The van der Waals surface area contributed by atoms with Crippen molar-refractivity contribution in [1.82, 2.24) is 10.3 Å². The maximum Gasteiger partial charge on any atom is 0.409 e. The number of nitrogens with one attached hydrogen (secondary N) is 2. The minimum atomic E-state index is -4.48. The van der Waals surface area contributed by atoms with Crippen LogP contribution in [0.25, 0.3) is 0 Å². The highest BCUT2D eigenvalue weighted by molar-refractivity contribution is 5.87. The van der Waals surface area contributed by atoms with Gasteiger partial charge in [-0.3, -0.25) is 4.79 Å². The van der Waals surface area contributed by atoms with Gasteiger partial charge in [-0.25, -0.2) is 4.98 Å². The maximum atomic E-state index is 11.8. The third kappa shape index (κ3) is 7.81. The van der Waals surface area contributed by atoms with Crippen molar-refractivity contribution in [3.8, 4) is 5.88 Å². The molecule has 116 valence electrons. The van der Waals surface area contributed by atoms with Crippen molar-refractivity contribution in [3.05, 3.63) is 30.5 Å².